The van der Waals surface area contributed by atoms with Gasteiger partial charge < -0.3 is 19.6 Å². The van der Waals surface area contributed by atoms with Crippen LogP contribution in [0.4, 0.5) is 0 Å². The molecule has 0 unspecified atom stereocenters. The molecule has 3 aliphatic rings. The predicted molar refractivity (Wildman–Crippen MR) is 138 cm³/mol. The molecular formula is C28H41ClN2O4. The van der Waals surface area contributed by atoms with Gasteiger partial charge in [0.2, 0.25) is 11.8 Å². The standard InChI is InChI=1S/C28H41ClN2O4/c1-20-14-24(15-21(2)27(20)29)35-19-28(17-26(34)30-12-8-23(32)9-13-30)10-5-11-31(18-28)25(33)16-22-6-3-4-7-22/h14-15,22-23,32H,3-13,16-19H2,1-2H3/t28-/m0/s1. The summed E-state index contributed by atoms with van der Waals surface area (Å²) in [6.07, 6.45) is 8.44. The van der Waals surface area contributed by atoms with E-state index < -0.39 is 5.41 Å². The Morgan fingerprint density at radius 2 is 1.66 bits per heavy atom. The van der Waals surface area contributed by atoms with Crippen LogP contribution in [-0.4, -0.2) is 65.6 Å². The monoisotopic (exact) mass is 504 g/mol. The molecule has 194 valence electrons. The van der Waals surface area contributed by atoms with E-state index in [9.17, 15) is 14.7 Å². The molecule has 1 atom stereocenters. The second-order valence-corrected chi connectivity index (χ2v) is 11.6. The largest absolute Gasteiger partial charge is 0.493 e. The van der Waals surface area contributed by atoms with Crippen molar-refractivity contribution in [1.82, 2.24) is 9.80 Å². The Labute approximate surface area is 214 Å². The highest BCUT2D eigenvalue weighted by Gasteiger charge is 2.41. The molecule has 7 heteroatoms. The zero-order chi connectivity index (χ0) is 25.0. The van der Waals surface area contributed by atoms with Crippen molar-refractivity contribution in [3.8, 4) is 5.75 Å². The SMILES string of the molecule is Cc1cc(OC[C@]2(CC(=O)N3CCC(O)CC3)CCCN(C(=O)CC3CCCC3)C2)cc(C)c1Cl. The Morgan fingerprint density at radius 3 is 2.31 bits per heavy atom. The summed E-state index contributed by atoms with van der Waals surface area (Å²) in [5.74, 6) is 1.60. The van der Waals surface area contributed by atoms with Gasteiger partial charge in [0.05, 0.1) is 12.7 Å². The summed E-state index contributed by atoms with van der Waals surface area (Å²) in [6, 6.07) is 3.89. The number of ether oxygens (including phenoxy) is 1. The molecule has 1 aromatic carbocycles. The van der Waals surface area contributed by atoms with Crippen LogP contribution in [0.15, 0.2) is 12.1 Å². The van der Waals surface area contributed by atoms with Gasteiger partial charge in [0.1, 0.15) is 5.75 Å². The molecule has 3 fully saturated rings. The van der Waals surface area contributed by atoms with Crippen LogP contribution in [-0.2, 0) is 9.59 Å². The number of amides is 2. The number of piperidine rings is 2. The number of carbonyl (C=O) groups is 2. The van der Waals surface area contributed by atoms with Gasteiger partial charge in [-0.05, 0) is 81.5 Å². The molecule has 2 amide bonds. The van der Waals surface area contributed by atoms with E-state index in [4.69, 9.17) is 16.3 Å². The lowest BCUT2D eigenvalue weighted by Gasteiger charge is -2.43. The van der Waals surface area contributed by atoms with E-state index in [2.05, 4.69) is 0 Å². The summed E-state index contributed by atoms with van der Waals surface area (Å²) in [7, 11) is 0. The fraction of sp³-hybridized carbons (Fsp3) is 0.714. The van der Waals surface area contributed by atoms with Crippen molar-refractivity contribution in [2.45, 2.75) is 84.2 Å². The summed E-state index contributed by atoms with van der Waals surface area (Å²) < 4.78 is 6.32. The molecule has 0 spiro atoms. The molecule has 0 radical (unpaired) electrons. The van der Waals surface area contributed by atoms with Gasteiger partial charge in [0.15, 0.2) is 0 Å². The average molecular weight is 505 g/mol. The lowest BCUT2D eigenvalue weighted by molar-refractivity contribution is -0.143. The third kappa shape index (κ3) is 6.71. The number of nitrogens with zero attached hydrogens (tertiary/aromatic N) is 2. The topological polar surface area (TPSA) is 70.1 Å². The van der Waals surface area contributed by atoms with Gasteiger partial charge in [-0.1, -0.05) is 24.4 Å². The molecule has 2 heterocycles. The Kier molecular flexibility index (Phi) is 8.64. The fourth-order valence-electron chi connectivity index (χ4n) is 6.10. The zero-order valence-electron chi connectivity index (χ0n) is 21.4. The third-order valence-corrected chi connectivity index (χ3v) is 8.85. The maximum Gasteiger partial charge on any atom is 0.223 e. The van der Waals surface area contributed by atoms with Crippen molar-refractivity contribution < 1.29 is 19.4 Å². The number of carbonyl (C=O) groups excluding carboxylic acids is 2. The molecule has 1 aliphatic carbocycles. The van der Waals surface area contributed by atoms with E-state index >= 15 is 0 Å². The van der Waals surface area contributed by atoms with Gasteiger partial charge in [-0.2, -0.15) is 0 Å². The van der Waals surface area contributed by atoms with E-state index in [0.29, 0.717) is 57.8 Å². The first-order chi connectivity index (χ1) is 16.7. The van der Waals surface area contributed by atoms with Gasteiger partial charge in [-0.25, -0.2) is 0 Å². The van der Waals surface area contributed by atoms with E-state index in [1.54, 1.807) is 0 Å². The van der Waals surface area contributed by atoms with Crippen LogP contribution in [0.3, 0.4) is 0 Å². The number of benzene rings is 1. The quantitative estimate of drug-likeness (QED) is 0.573. The van der Waals surface area contributed by atoms with Crippen molar-refractivity contribution >= 4 is 23.4 Å². The van der Waals surface area contributed by atoms with E-state index in [0.717, 1.165) is 54.1 Å². The van der Waals surface area contributed by atoms with Crippen LogP contribution in [0.1, 0.15) is 75.3 Å². The van der Waals surface area contributed by atoms with Crippen molar-refractivity contribution in [3.05, 3.63) is 28.3 Å². The van der Waals surface area contributed by atoms with Crippen molar-refractivity contribution in [2.75, 3.05) is 32.8 Å². The minimum Gasteiger partial charge on any atom is -0.493 e. The van der Waals surface area contributed by atoms with Crippen molar-refractivity contribution in [3.63, 3.8) is 0 Å². The number of hydrogen-bond donors (Lipinski definition) is 1. The maximum absolute atomic E-state index is 13.4. The molecule has 1 aromatic rings. The summed E-state index contributed by atoms with van der Waals surface area (Å²) in [6.45, 7) is 6.84. The number of aliphatic hydroxyl groups is 1. The first-order valence-electron chi connectivity index (χ1n) is 13.4. The molecule has 4 rings (SSSR count). The van der Waals surface area contributed by atoms with Crippen LogP contribution in [0.2, 0.25) is 5.02 Å². The summed E-state index contributed by atoms with van der Waals surface area (Å²) in [5.41, 5.74) is 1.52. The van der Waals surface area contributed by atoms with Crippen LogP contribution in [0.5, 0.6) is 5.75 Å². The minimum atomic E-state index is -0.418. The second kappa shape index (κ2) is 11.5. The molecule has 1 saturated carbocycles. The lowest BCUT2D eigenvalue weighted by atomic mass is 9.77. The highest BCUT2D eigenvalue weighted by molar-refractivity contribution is 6.32. The Hall–Kier alpha value is -1.79. The summed E-state index contributed by atoms with van der Waals surface area (Å²) in [5, 5.41) is 10.6. The predicted octanol–water partition coefficient (Wildman–Crippen LogP) is 4.90. The Balaban J connectivity index is 1.48. The first kappa shape index (κ1) is 26.3. The summed E-state index contributed by atoms with van der Waals surface area (Å²) in [4.78, 5) is 30.5. The van der Waals surface area contributed by atoms with Gasteiger partial charge in [-0.15, -0.1) is 0 Å². The van der Waals surface area contributed by atoms with Crippen molar-refractivity contribution in [1.29, 1.82) is 0 Å². The molecule has 0 bridgehead atoms. The highest BCUT2D eigenvalue weighted by Crippen LogP contribution is 2.37. The van der Waals surface area contributed by atoms with Crippen LogP contribution >= 0.6 is 11.6 Å². The van der Waals surface area contributed by atoms with Crippen LogP contribution in [0, 0.1) is 25.2 Å². The number of likely N-dealkylation sites (tertiary alicyclic amines) is 2. The zero-order valence-corrected chi connectivity index (χ0v) is 22.1. The molecule has 35 heavy (non-hydrogen) atoms. The molecule has 2 aliphatic heterocycles. The molecule has 2 saturated heterocycles. The number of rotatable bonds is 7. The number of hydrogen-bond acceptors (Lipinski definition) is 4. The third-order valence-electron chi connectivity index (χ3n) is 8.25. The van der Waals surface area contributed by atoms with Crippen molar-refractivity contribution in [2.24, 2.45) is 11.3 Å². The smallest absolute Gasteiger partial charge is 0.223 e. The number of aliphatic hydroxyl groups excluding tert-OH is 1. The van der Waals surface area contributed by atoms with E-state index in [1.807, 2.05) is 35.8 Å². The maximum atomic E-state index is 13.4. The highest BCUT2D eigenvalue weighted by atomic mass is 35.5. The molecule has 1 N–H and O–H groups in total. The minimum absolute atomic E-state index is 0.106. The van der Waals surface area contributed by atoms with Crippen LogP contribution in [0.25, 0.3) is 0 Å². The number of aryl methyl sites for hydroxylation is 2. The fourth-order valence-corrected chi connectivity index (χ4v) is 6.21. The average Bonchev–Trinajstić information content (AvgIpc) is 3.35. The van der Waals surface area contributed by atoms with Crippen LogP contribution < -0.4 is 4.74 Å². The Morgan fingerprint density at radius 1 is 1.00 bits per heavy atom. The van der Waals surface area contributed by atoms with E-state index in [-0.39, 0.29) is 17.9 Å². The first-order valence-corrected chi connectivity index (χ1v) is 13.8. The van der Waals surface area contributed by atoms with E-state index in [1.165, 1.54) is 12.8 Å². The molecule has 0 aromatic heterocycles. The van der Waals surface area contributed by atoms with Gasteiger partial charge >= 0.3 is 0 Å². The second-order valence-electron chi connectivity index (χ2n) is 11.2. The van der Waals surface area contributed by atoms with Gasteiger partial charge in [0, 0.05) is 49.5 Å². The summed E-state index contributed by atoms with van der Waals surface area (Å²) >= 11 is 6.35. The van der Waals surface area contributed by atoms with Gasteiger partial charge in [0.25, 0.3) is 0 Å². The van der Waals surface area contributed by atoms with Gasteiger partial charge in [-0.3, -0.25) is 9.59 Å². The molecular weight excluding hydrogens is 464 g/mol. The normalized spacial score (nSPS) is 24.1. The lowest BCUT2D eigenvalue weighted by Crippen LogP contribution is -2.52. The molecule has 6 nitrogen and oxygen atoms in total. The Bertz CT molecular complexity index is 885. The number of halogens is 1.